The van der Waals surface area contributed by atoms with Gasteiger partial charge in [0, 0.05) is 0 Å². The first-order valence-corrected chi connectivity index (χ1v) is 20.6. The summed E-state index contributed by atoms with van der Waals surface area (Å²) >= 11 is 0. The molecule has 42 heavy (non-hydrogen) atoms. The Labute approximate surface area is 257 Å². The van der Waals surface area contributed by atoms with Crippen LogP contribution in [0.5, 0.6) is 0 Å². The highest BCUT2D eigenvalue weighted by atomic mass is 28.3. The Balaban J connectivity index is 0.000000923. The average molecular weight is 573 g/mol. The monoisotopic (exact) mass is 572 g/mol. The third-order valence-corrected chi connectivity index (χ3v) is 17.2. The molecule has 2 aromatic rings. The van der Waals surface area contributed by atoms with Crippen LogP contribution < -0.4 is 0 Å². The van der Waals surface area contributed by atoms with Crippen LogP contribution in [-0.4, -0.2) is 8.07 Å². The number of fused-ring (bicyclic) bond motifs is 2. The lowest BCUT2D eigenvalue weighted by atomic mass is 9.81. The van der Waals surface area contributed by atoms with E-state index >= 15 is 0 Å². The van der Waals surface area contributed by atoms with Gasteiger partial charge in [-0.1, -0.05) is 130 Å². The fraction of sp³-hybridized carbons (Fsp3) is 0.512. The summed E-state index contributed by atoms with van der Waals surface area (Å²) in [5.41, 5.74) is 8.05. The highest BCUT2D eigenvalue weighted by molar-refractivity contribution is 6.80. The van der Waals surface area contributed by atoms with Gasteiger partial charge in [-0.05, 0) is 119 Å². The fourth-order valence-corrected chi connectivity index (χ4v) is 16.6. The van der Waals surface area contributed by atoms with Crippen molar-refractivity contribution in [1.82, 2.24) is 0 Å². The Hall–Kier alpha value is -2.38. The van der Waals surface area contributed by atoms with Crippen molar-refractivity contribution in [3.8, 4) is 0 Å². The minimum absolute atomic E-state index is 0.720. The molecule has 6 aliphatic carbocycles. The topological polar surface area (TPSA) is 0 Å². The van der Waals surface area contributed by atoms with Gasteiger partial charge in [0.15, 0.2) is 0 Å². The van der Waals surface area contributed by atoms with Crippen molar-refractivity contribution >= 4 is 19.2 Å². The number of rotatable bonds is 6. The van der Waals surface area contributed by atoms with Gasteiger partial charge >= 0.3 is 0 Å². The van der Waals surface area contributed by atoms with Crippen LogP contribution in [0.15, 0.2) is 97.1 Å². The molecule has 0 N–H and O–H groups in total. The minimum atomic E-state index is -1.64. The molecule has 8 atom stereocenters. The van der Waals surface area contributed by atoms with E-state index in [-0.39, 0.29) is 0 Å². The molecule has 0 saturated heterocycles. The lowest BCUT2D eigenvalue weighted by Gasteiger charge is -2.47. The van der Waals surface area contributed by atoms with Gasteiger partial charge in [0.05, 0.1) is 8.07 Å². The van der Waals surface area contributed by atoms with Crippen molar-refractivity contribution in [2.75, 3.05) is 0 Å². The number of benzene rings is 2. The van der Waals surface area contributed by atoms with E-state index in [1.807, 2.05) is 0 Å². The summed E-state index contributed by atoms with van der Waals surface area (Å²) in [4.78, 5) is 0. The second-order valence-electron chi connectivity index (χ2n) is 15.2. The molecule has 0 bridgehead atoms. The van der Waals surface area contributed by atoms with Gasteiger partial charge in [-0.25, -0.2) is 0 Å². The molecule has 0 heterocycles. The predicted octanol–water partition coefficient (Wildman–Crippen LogP) is 11.5. The summed E-state index contributed by atoms with van der Waals surface area (Å²) in [5.74, 6) is 6.79. The second kappa shape index (κ2) is 11.6. The van der Waals surface area contributed by atoms with Crippen LogP contribution in [0.25, 0.3) is 11.1 Å². The number of hydrogen-bond donors (Lipinski definition) is 0. The standard InChI is InChI=1S/C38H44Si.C3H8/c1-39(2,37-31-17-9-15-29(25-11-5-3-6-12-25)35(31)23-33(37)27-19-20-27)38-32-18-10-16-30(26-13-7-4-8-14-26)36(32)24-34(38)28-21-22-28;1-3-2/h3-18,27-28,31-38H,19-24H2,1-2H3;3H2,1-2H3. The van der Waals surface area contributed by atoms with Crippen molar-refractivity contribution in [1.29, 1.82) is 0 Å². The van der Waals surface area contributed by atoms with Gasteiger partial charge in [-0.2, -0.15) is 0 Å². The predicted molar refractivity (Wildman–Crippen MR) is 184 cm³/mol. The Morgan fingerprint density at radius 2 is 0.976 bits per heavy atom. The Kier molecular flexibility index (Phi) is 7.85. The highest BCUT2D eigenvalue weighted by Gasteiger charge is 2.62. The summed E-state index contributed by atoms with van der Waals surface area (Å²) in [6.07, 6.45) is 25.3. The molecule has 0 spiro atoms. The molecule has 220 valence electrons. The third kappa shape index (κ3) is 5.08. The second-order valence-corrected chi connectivity index (χ2v) is 20.1. The molecular formula is C41H52Si. The first-order chi connectivity index (χ1) is 20.5. The zero-order valence-corrected chi connectivity index (χ0v) is 27.5. The molecule has 8 rings (SSSR count). The summed E-state index contributed by atoms with van der Waals surface area (Å²) in [6.45, 7) is 10.0. The van der Waals surface area contributed by atoms with Gasteiger partial charge < -0.3 is 0 Å². The van der Waals surface area contributed by atoms with E-state index in [0.29, 0.717) is 0 Å². The van der Waals surface area contributed by atoms with Gasteiger partial charge in [0.1, 0.15) is 0 Å². The maximum atomic E-state index is 2.88. The first-order valence-electron chi connectivity index (χ1n) is 17.4. The molecule has 0 aromatic heterocycles. The first kappa shape index (κ1) is 28.4. The SMILES string of the molecule is CCC.C[Si](C)(C1C2C=CC=C(c3ccccc3)C2CC1C1CC1)C1C2C=CC=C(c3ccccc3)C2CC1C1CC1. The van der Waals surface area contributed by atoms with E-state index in [1.54, 1.807) is 11.1 Å². The smallest absolute Gasteiger partial charge is 0.0553 e. The van der Waals surface area contributed by atoms with Gasteiger partial charge in [-0.15, -0.1) is 0 Å². The van der Waals surface area contributed by atoms with E-state index in [2.05, 4.69) is 124 Å². The molecule has 0 amide bonds. The van der Waals surface area contributed by atoms with Crippen LogP contribution in [0.3, 0.4) is 0 Å². The molecule has 1 heteroatoms. The summed E-state index contributed by atoms with van der Waals surface area (Å²) in [5, 5.41) is 0. The van der Waals surface area contributed by atoms with Crippen LogP contribution in [0, 0.1) is 47.3 Å². The molecular weight excluding hydrogens is 521 g/mol. The molecule has 8 unspecified atom stereocenters. The fourth-order valence-electron chi connectivity index (χ4n) is 10.5. The molecule has 2 aromatic carbocycles. The lowest BCUT2D eigenvalue weighted by molar-refractivity contribution is 0.415. The molecule has 0 nitrogen and oxygen atoms in total. The molecule has 0 aliphatic heterocycles. The van der Waals surface area contributed by atoms with E-state index in [0.717, 1.165) is 58.4 Å². The number of allylic oxidation sites excluding steroid dienone is 8. The normalized spacial score (nSPS) is 35.0. The third-order valence-electron chi connectivity index (χ3n) is 12.1. The molecule has 4 saturated carbocycles. The van der Waals surface area contributed by atoms with E-state index < -0.39 is 8.07 Å². The number of hydrogen-bond acceptors (Lipinski definition) is 0. The van der Waals surface area contributed by atoms with Crippen LogP contribution in [0.1, 0.15) is 69.9 Å². The Bertz CT molecular complexity index is 1250. The molecule has 0 radical (unpaired) electrons. The maximum absolute atomic E-state index is 2.88. The Morgan fingerprint density at radius 3 is 1.33 bits per heavy atom. The zero-order chi connectivity index (χ0) is 28.8. The minimum Gasteiger partial charge on any atom is -0.0808 e. The van der Waals surface area contributed by atoms with Crippen LogP contribution >= 0.6 is 0 Å². The largest absolute Gasteiger partial charge is 0.0808 e. The maximum Gasteiger partial charge on any atom is 0.0553 e. The van der Waals surface area contributed by atoms with Gasteiger partial charge in [-0.3, -0.25) is 0 Å². The van der Waals surface area contributed by atoms with Crippen LogP contribution in [0.2, 0.25) is 24.2 Å². The summed E-state index contributed by atoms with van der Waals surface area (Å²) in [7, 11) is -1.64. The van der Waals surface area contributed by atoms with Crippen molar-refractivity contribution in [2.45, 2.75) is 83.0 Å². The van der Waals surface area contributed by atoms with Gasteiger partial charge in [0.2, 0.25) is 0 Å². The van der Waals surface area contributed by atoms with Crippen LogP contribution in [0.4, 0.5) is 0 Å². The van der Waals surface area contributed by atoms with E-state index in [4.69, 9.17) is 0 Å². The average Bonchev–Trinajstić information content (AvgIpc) is 3.96. The molecule has 6 aliphatic rings. The van der Waals surface area contributed by atoms with Gasteiger partial charge in [0.25, 0.3) is 0 Å². The molecule has 4 fully saturated rings. The highest BCUT2D eigenvalue weighted by Crippen LogP contribution is 2.69. The summed E-state index contributed by atoms with van der Waals surface area (Å²) in [6, 6.07) is 22.7. The Morgan fingerprint density at radius 1 is 0.595 bits per heavy atom. The van der Waals surface area contributed by atoms with E-state index in [9.17, 15) is 0 Å². The summed E-state index contributed by atoms with van der Waals surface area (Å²) < 4.78 is 0. The lowest BCUT2D eigenvalue weighted by Crippen LogP contribution is -2.47. The van der Waals surface area contributed by atoms with Crippen molar-refractivity contribution in [2.24, 2.45) is 47.3 Å². The quantitative estimate of drug-likeness (QED) is 0.302. The van der Waals surface area contributed by atoms with Crippen molar-refractivity contribution in [3.05, 3.63) is 108 Å². The van der Waals surface area contributed by atoms with Crippen LogP contribution in [-0.2, 0) is 0 Å². The van der Waals surface area contributed by atoms with Crippen molar-refractivity contribution < 1.29 is 0 Å². The van der Waals surface area contributed by atoms with E-state index in [1.165, 1.54) is 56.1 Å². The zero-order valence-electron chi connectivity index (χ0n) is 26.5. The van der Waals surface area contributed by atoms with Crippen molar-refractivity contribution in [3.63, 3.8) is 0 Å².